The number of amides is 1. The maximum atomic E-state index is 12.8. The third kappa shape index (κ3) is 5.92. The lowest BCUT2D eigenvalue weighted by Crippen LogP contribution is -2.25. The molecule has 24 heavy (non-hydrogen) atoms. The minimum Gasteiger partial charge on any atom is -0.490 e. The molecule has 2 aromatic rings. The number of nitrogens with one attached hydrogen (secondary N) is 2. The average molecular weight is 327 g/mol. The van der Waals surface area contributed by atoms with Gasteiger partial charge in [0.25, 0.3) is 5.91 Å². The summed E-state index contributed by atoms with van der Waals surface area (Å²) in [6.07, 6.45) is 3.19. The number of carbonyl (C=O) groups excluding carboxylic acids is 1. The van der Waals surface area contributed by atoms with Crippen LogP contribution < -0.4 is 15.5 Å². The smallest absolute Gasteiger partial charge is 0.259 e. The van der Waals surface area contributed by atoms with E-state index in [1.807, 2.05) is 18.2 Å². The van der Waals surface area contributed by atoms with Gasteiger partial charge in [-0.25, -0.2) is 9.82 Å². The predicted molar refractivity (Wildman–Crippen MR) is 92.8 cm³/mol. The lowest BCUT2D eigenvalue weighted by molar-refractivity contribution is -0.119. The molecule has 2 rings (SSSR count). The molecule has 0 saturated carbocycles. The molecule has 0 unspecified atom stereocenters. The molecule has 0 bridgehead atoms. The Morgan fingerprint density at radius 1 is 1.25 bits per heavy atom. The molecule has 5 nitrogen and oxygen atoms in total. The van der Waals surface area contributed by atoms with Gasteiger partial charge in [0.05, 0.1) is 12.8 Å². The number of nitrogens with zero attached hydrogens (tertiary/aromatic N) is 1. The average Bonchev–Trinajstić information content (AvgIpc) is 2.60. The van der Waals surface area contributed by atoms with Gasteiger partial charge in [-0.3, -0.25) is 4.79 Å². The first-order valence-electron chi connectivity index (χ1n) is 7.32. The van der Waals surface area contributed by atoms with E-state index in [4.69, 9.17) is 4.74 Å². The van der Waals surface area contributed by atoms with Gasteiger partial charge >= 0.3 is 0 Å². The highest BCUT2D eigenvalue weighted by Gasteiger charge is 2.00. The fourth-order valence-corrected chi connectivity index (χ4v) is 1.81. The van der Waals surface area contributed by atoms with Crippen LogP contribution in [0.4, 0.5) is 10.1 Å². The summed E-state index contributed by atoms with van der Waals surface area (Å²) >= 11 is 0. The summed E-state index contributed by atoms with van der Waals surface area (Å²) < 4.78 is 18.2. The normalized spacial score (nSPS) is 10.4. The molecule has 0 aromatic heterocycles. The summed E-state index contributed by atoms with van der Waals surface area (Å²) in [5.74, 6) is 0.0618. The highest BCUT2D eigenvalue weighted by atomic mass is 19.1. The van der Waals surface area contributed by atoms with Crippen molar-refractivity contribution in [3.8, 4) is 5.75 Å². The van der Waals surface area contributed by atoms with Crippen molar-refractivity contribution >= 4 is 17.8 Å². The molecule has 1 amide bonds. The second kappa shape index (κ2) is 9.09. The van der Waals surface area contributed by atoms with Crippen molar-refractivity contribution in [1.29, 1.82) is 0 Å². The summed E-state index contributed by atoms with van der Waals surface area (Å²) in [5.41, 5.74) is 3.86. The summed E-state index contributed by atoms with van der Waals surface area (Å²) in [7, 11) is 0. The van der Waals surface area contributed by atoms with Crippen LogP contribution in [0.3, 0.4) is 0 Å². The lowest BCUT2D eigenvalue weighted by Gasteiger charge is -2.05. The fraction of sp³-hybridized carbons (Fsp3) is 0.111. The van der Waals surface area contributed by atoms with Gasteiger partial charge in [0, 0.05) is 5.69 Å². The van der Waals surface area contributed by atoms with Crippen molar-refractivity contribution < 1.29 is 13.9 Å². The molecule has 0 saturated heterocycles. The van der Waals surface area contributed by atoms with Crippen molar-refractivity contribution in [3.05, 3.63) is 72.6 Å². The molecule has 0 heterocycles. The summed E-state index contributed by atoms with van der Waals surface area (Å²) in [5, 5.41) is 6.76. The van der Waals surface area contributed by atoms with Crippen molar-refractivity contribution in [3.63, 3.8) is 0 Å². The first kappa shape index (κ1) is 17.2. The summed E-state index contributed by atoms with van der Waals surface area (Å²) in [4.78, 5) is 11.7. The van der Waals surface area contributed by atoms with Crippen LogP contribution in [0.5, 0.6) is 5.75 Å². The molecule has 0 aliphatic rings. The highest BCUT2D eigenvalue weighted by molar-refractivity contribution is 5.84. The van der Waals surface area contributed by atoms with Crippen LogP contribution in [-0.2, 0) is 4.79 Å². The Morgan fingerprint density at radius 3 is 2.79 bits per heavy atom. The molecule has 0 aliphatic heterocycles. The van der Waals surface area contributed by atoms with Gasteiger partial charge in [0.2, 0.25) is 0 Å². The van der Waals surface area contributed by atoms with Gasteiger partial charge in [0.1, 0.15) is 18.2 Å². The number of halogens is 1. The molecule has 0 radical (unpaired) electrons. The Labute approximate surface area is 139 Å². The first-order chi connectivity index (χ1) is 11.7. The van der Waals surface area contributed by atoms with Crippen molar-refractivity contribution in [2.24, 2.45) is 5.10 Å². The predicted octanol–water partition coefficient (Wildman–Crippen LogP) is 2.95. The standard InChI is InChI=1S/C18H18FN3O2/c1-2-10-24-17-5-3-4-14(11-17)12-21-22-18(23)13-20-16-8-6-15(19)7-9-16/h2-9,11-12,20H,1,10,13H2,(H,22,23)/b21-12-. The Balaban J connectivity index is 1.79. The molecule has 0 aliphatic carbocycles. The molecule has 124 valence electrons. The molecule has 2 aromatic carbocycles. The van der Waals surface area contributed by atoms with Gasteiger partial charge < -0.3 is 10.1 Å². The van der Waals surface area contributed by atoms with Crippen LogP contribution in [0, 0.1) is 5.82 Å². The lowest BCUT2D eigenvalue weighted by atomic mass is 10.2. The number of benzene rings is 2. The van der Waals surface area contributed by atoms with Gasteiger partial charge in [0.15, 0.2) is 0 Å². The van der Waals surface area contributed by atoms with Crippen LogP contribution >= 0.6 is 0 Å². The van der Waals surface area contributed by atoms with E-state index in [0.29, 0.717) is 18.0 Å². The van der Waals surface area contributed by atoms with Crippen LogP contribution in [0.1, 0.15) is 5.56 Å². The zero-order chi connectivity index (χ0) is 17.2. The Hall–Kier alpha value is -3.15. The fourth-order valence-electron chi connectivity index (χ4n) is 1.81. The Kier molecular flexibility index (Phi) is 6.52. The number of hydrogen-bond donors (Lipinski definition) is 2. The zero-order valence-corrected chi connectivity index (χ0v) is 13.0. The van der Waals surface area contributed by atoms with Crippen LogP contribution in [0.25, 0.3) is 0 Å². The van der Waals surface area contributed by atoms with Crippen LogP contribution in [-0.4, -0.2) is 25.3 Å². The van der Waals surface area contributed by atoms with Gasteiger partial charge in [-0.2, -0.15) is 5.10 Å². The topological polar surface area (TPSA) is 62.7 Å². The SMILES string of the molecule is C=CCOc1cccc(/C=N\NC(=O)CNc2ccc(F)cc2)c1. The molecular formula is C18H18FN3O2. The molecule has 0 spiro atoms. The van der Waals surface area contributed by atoms with Crippen molar-refractivity contribution in [2.75, 3.05) is 18.5 Å². The van der Waals surface area contributed by atoms with Crippen molar-refractivity contribution in [2.45, 2.75) is 0 Å². The van der Waals surface area contributed by atoms with Crippen LogP contribution in [0.15, 0.2) is 66.3 Å². The summed E-state index contributed by atoms with van der Waals surface area (Å²) in [6, 6.07) is 13.0. The Morgan fingerprint density at radius 2 is 2.04 bits per heavy atom. The van der Waals surface area contributed by atoms with Gasteiger partial charge in [-0.15, -0.1) is 0 Å². The van der Waals surface area contributed by atoms with Crippen molar-refractivity contribution in [1.82, 2.24) is 5.43 Å². The first-order valence-corrected chi connectivity index (χ1v) is 7.32. The maximum Gasteiger partial charge on any atom is 0.259 e. The maximum absolute atomic E-state index is 12.8. The minimum atomic E-state index is -0.325. The third-order valence-corrected chi connectivity index (χ3v) is 2.93. The molecule has 6 heteroatoms. The largest absolute Gasteiger partial charge is 0.490 e. The number of rotatable bonds is 8. The highest BCUT2D eigenvalue weighted by Crippen LogP contribution is 2.11. The number of ether oxygens (including phenoxy) is 1. The van der Waals surface area contributed by atoms with E-state index in [2.05, 4.69) is 22.4 Å². The zero-order valence-electron chi connectivity index (χ0n) is 13.0. The number of carbonyl (C=O) groups is 1. The van der Waals surface area contributed by atoms with Crippen LogP contribution in [0.2, 0.25) is 0 Å². The van der Waals surface area contributed by atoms with E-state index in [9.17, 15) is 9.18 Å². The molecule has 2 N–H and O–H groups in total. The van der Waals surface area contributed by atoms with Gasteiger partial charge in [-0.1, -0.05) is 24.8 Å². The van der Waals surface area contributed by atoms with E-state index < -0.39 is 0 Å². The van der Waals surface area contributed by atoms with Gasteiger partial charge in [-0.05, 0) is 42.0 Å². The van der Waals surface area contributed by atoms with E-state index >= 15 is 0 Å². The Bertz CT molecular complexity index is 714. The number of hydrogen-bond acceptors (Lipinski definition) is 4. The van der Waals surface area contributed by atoms with E-state index in [1.165, 1.54) is 18.3 Å². The quantitative estimate of drug-likeness (QED) is 0.445. The second-order valence-electron chi connectivity index (χ2n) is 4.83. The molecule has 0 fully saturated rings. The summed E-state index contributed by atoms with van der Waals surface area (Å²) in [6.45, 7) is 4.04. The van der Waals surface area contributed by atoms with E-state index in [1.54, 1.807) is 24.3 Å². The minimum absolute atomic E-state index is 0.0332. The number of hydrazone groups is 1. The van der Waals surface area contributed by atoms with E-state index in [-0.39, 0.29) is 18.3 Å². The second-order valence-corrected chi connectivity index (χ2v) is 4.83. The molecular weight excluding hydrogens is 309 g/mol. The van der Waals surface area contributed by atoms with E-state index in [0.717, 1.165) is 5.56 Å². The third-order valence-electron chi connectivity index (χ3n) is 2.93. The monoisotopic (exact) mass is 327 g/mol. The molecule has 0 atom stereocenters. The number of anilines is 1.